The van der Waals surface area contributed by atoms with Crippen LogP contribution in [0.15, 0.2) is 18.3 Å². The van der Waals surface area contributed by atoms with Crippen molar-refractivity contribution in [3.05, 3.63) is 23.9 Å². The van der Waals surface area contributed by atoms with Gasteiger partial charge in [0.05, 0.1) is 18.3 Å². The van der Waals surface area contributed by atoms with Crippen LogP contribution in [0.5, 0.6) is 5.75 Å². The third kappa shape index (κ3) is 3.70. The number of hydrogen-bond donors (Lipinski definition) is 3. The number of nitrogens with two attached hydrogens (primary N) is 3. The highest BCUT2D eigenvalue weighted by molar-refractivity contribution is 5.78. The zero-order valence-corrected chi connectivity index (χ0v) is 11.7. The van der Waals surface area contributed by atoms with E-state index in [9.17, 15) is 0 Å². The molecule has 0 bridgehead atoms. The summed E-state index contributed by atoms with van der Waals surface area (Å²) < 4.78 is 5.84. The summed E-state index contributed by atoms with van der Waals surface area (Å²) in [7, 11) is 4.18. The molecule has 1 heterocycles. The van der Waals surface area contributed by atoms with E-state index in [-0.39, 0.29) is 0 Å². The van der Waals surface area contributed by atoms with E-state index in [0.29, 0.717) is 0 Å². The van der Waals surface area contributed by atoms with E-state index >= 15 is 0 Å². The molecule has 0 aliphatic carbocycles. The second-order valence-electron chi connectivity index (χ2n) is 5.02. The number of fused-ring (bicyclic) bond motifs is 1. The van der Waals surface area contributed by atoms with Gasteiger partial charge in [0.1, 0.15) is 13.2 Å². The molecule has 0 spiro atoms. The molecule has 0 fully saturated rings. The van der Waals surface area contributed by atoms with Gasteiger partial charge in [-0.2, -0.15) is 0 Å². The van der Waals surface area contributed by atoms with Crippen molar-refractivity contribution in [2.24, 2.45) is 0 Å². The molecule has 1 aromatic rings. The average Bonchev–Trinajstić information content (AvgIpc) is 2.86. The molecule has 1 aromatic carbocycles. The van der Waals surface area contributed by atoms with Crippen molar-refractivity contribution in [1.29, 1.82) is 0 Å². The number of ether oxygens (including phenoxy) is 1. The van der Waals surface area contributed by atoms with Gasteiger partial charge < -0.3 is 20.7 Å². The molecule has 6 N–H and O–H groups in total. The minimum atomic E-state index is 0.720. The predicted octanol–water partition coefficient (Wildman–Crippen LogP) is -1.05. The number of likely N-dealkylation sites (N-methyl/N-ethyl adjacent to an activating group) is 1. The van der Waals surface area contributed by atoms with Crippen molar-refractivity contribution in [3.63, 3.8) is 0 Å². The highest BCUT2D eigenvalue weighted by atomic mass is 16.5. The number of benzene rings is 1. The zero-order valence-electron chi connectivity index (χ0n) is 11.7. The van der Waals surface area contributed by atoms with Gasteiger partial charge in [-0.3, -0.25) is 5.32 Å². The molecule has 2 rings (SSSR count). The SMILES string of the molecule is CN(C)CC[NH2+]CCOc1ccc(N)c2c1[NH2+]C=C2. The molecule has 0 amide bonds. The molecular formula is C14H24N4O+2. The van der Waals surface area contributed by atoms with E-state index in [2.05, 4.69) is 29.6 Å². The van der Waals surface area contributed by atoms with Crippen LogP contribution in [0.3, 0.4) is 0 Å². The Labute approximate surface area is 114 Å². The standard InChI is InChI=1S/C14H22N4O/c1-18(2)9-7-16-8-10-19-13-4-3-12(15)11-5-6-17-14(11)13/h3-6,16-17H,7-10,15H2,1-2H3/p+2. The van der Waals surface area contributed by atoms with Gasteiger partial charge in [-0.25, -0.2) is 0 Å². The van der Waals surface area contributed by atoms with Crippen molar-refractivity contribution in [1.82, 2.24) is 4.90 Å². The molecule has 5 nitrogen and oxygen atoms in total. The van der Waals surface area contributed by atoms with Crippen LogP contribution in [0.25, 0.3) is 6.08 Å². The van der Waals surface area contributed by atoms with Crippen LogP contribution < -0.4 is 21.1 Å². The van der Waals surface area contributed by atoms with Gasteiger partial charge in [-0.1, -0.05) is 0 Å². The van der Waals surface area contributed by atoms with E-state index < -0.39 is 0 Å². The second-order valence-corrected chi connectivity index (χ2v) is 5.02. The van der Waals surface area contributed by atoms with Crippen molar-refractivity contribution >= 4 is 17.5 Å². The van der Waals surface area contributed by atoms with E-state index in [0.717, 1.165) is 48.9 Å². The fourth-order valence-corrected chi connectivity index (χ4v) is 2.10. The summed E-state index contributed by atoms with van der Waals surface area (Å²) in [5.74, 6) is 0.926. The summed E-state index contributed by atoms with van der Waals surface area (Å²) in [5.41, 5.74) is 8.92. The number of anilines is 1. The average molecular weight is 264 g/mol. The van der Waals surface area contributed by atoms with Gasteiger partial charge in [0, 0.05) is 18.3 Å². The molecule has 0 aromatic heterocycles. The lowest BCUT2D eigenvalue weighted by Gasteiger charge is -2.10. The molecule has 0 saturated heterocycles. The Kier molecular flexibility index (Phi) is 4.79. The number of hydrogen-bond acceptors (Lipinski definition) is 3. The minimum Gasteiger partial charge on any atom is -0.481 e. The van der Waals surface area contributed by atoms with Crippen LogP contribution in [0.4, 0.5) is 11.4 Å². The van der Waals surface area contributed by atoms with Crippen molar-refractivity contribution in [2.45, 2.75) is 0 Å². The van der Waals surface area contributed by atoms with Crippen LogP contribution >= 0.6 is 0 Å². The maximum Gasteiger partial charge on any atom is 0.186 e. The third-order valence-corrected chi connectivity index (χ3v) is 3.17. The van der Waals surface area contributed by atoms with E-state index in [4.69, 9.17) is 10.5 Å². The third-order valence-electron chi connectivity index (χ3n) is 3.17. The maximum atomic E-state index is 5.93. The van der Waals surface area contributed by atoms with Crippen LogP contribution in [-0.4, -0.2) is 45.2 Å². The van der Waals surface area contributed by atoms with Gasteiger partial charge in [0.25, 0.3) is 0 Å². The Hall–Kier alpha value is -1.56. The monoisotopic (exact) mass is 264 g/mol. The first-order valence-corrected chi connectivity index (χ1v) is 6.71. The highest BCUT2D eigenvalue weighted by Crippen LogP contribution is 2.31. The first kappa shape index (κ1) is 13.9. The lowest BCUT2D eigenvalue weighted by Crippen LogP contribution is -2.86. The second kappa shape index (κ2) is 6.56. The van der Waals surface area contributed by atoms with Crippen molar-refractivity contribution < 1.29 is 15.4 Å². The molecule has 19 heavy (non-hydrogen) atoms. The largest absolute Gasteiger partial charge is 0.481 e. The summed E-state index contributed by atoms with van der Waals surface area (Å²) in [6.07, 6.45) is 4.04. The van der Waals surface area contributed by atoms with Gasteiger partial charge in [-0.15, -0.1) is 0 Å². The molecule has 104 valence electrons. The normalized spacial score (nSPS) is 13.0. The predicted molar refractivity (Wildman–Crippen MR) is 77.2 cm³/mol. The summed E-state index contributed by atoms with van der Waals surface area (Å²) in [6.45, 7) is 3.89. The Morgan fingerprint density at radius 1 is 1.32 bits per heavy atom. The smallest absolute Gasteiger partial charge is 0.186 e. The van der Waals surface area contributed by atoms with Crippen LogP contribution in [0.2, 0.25) is 0 Å². The Balaban J connectivity index is 1.77. The number of nitrogen functional groups attached to an aromatic ring is 1. The van der Waals surface area contributed by atoms with Crippen molar-refractivity contribution in [3.8, 4) is 5.75 Å². The minimum absolute atomic E-state index is 0.720. The van der Waals surface area contributed by atoms with Gasteiger partial charge in [-0.05, 0) is 26.2 Å². The van der Waals surface area contributed by atoms with E-state index in [1.807, 2.05) is 24.4 Å². The molecule has 0 atom stereocenters. The first-order chi connectivity index (χ1) is 9.18. The lowest BCUT2D eigenvalue weighted by atomic mass is 10.1. The summed E-state index contributed by atoms with van der Waals surface area (Å²) in [6, 6.07) is 3.87. The molecule has 1 aliphatic heterocycles. The number of rotatable bonds is 7. The highest BCUT2D eigenvalue weighted by Gasteiger charge is 2.18. The zero-order chi connectivity index (χ0) is 13.7. The fourth-order valence-electron chi connectivity index (χ4n) is 2.10. The van der Waals surface area contributed by atoms with Crippen LogP contribution in [0, 0.1) is 0 Å². The Morgan fingerprint density at radius 2 is 2.16 bits per heavy atom. The van der Waals surface area contributed by atoms with Gasteiger partial charge in [0.2, 0.25) is 0 Å². The maximum absolute atomic E-state index is 5.93. The first-order valence-electron chi connectivity index (χ1n) is 6.71. The Bertz CT molecular complexity index is 457. The lowest BCUT2D eigenvalue weighted by molar-refractivity contribution is -0.654. The van der Waals surface area contributed by atoms with Crippen molar-refractivity contribution in [2.75, 3.05) is 46.1 Å². The molecule has 0 unspecified atom stereocenters. The number of nitrogens with zero attached hydrogens (tertiary/aromatic N) is 1. The van der Waals surface area contributed by atoms with Crippen LogP contribution in [-0.2, 0) is 0 Å². The summed E-state index contributed by atoms with van der Waals surface area (Å²) in [5, 5.41) is 4.33. The van der Waals surface area contributed by atoms with Gasteiger partial charge in [0.15, 0.2) is 11.4 Å². The number of quaternary nitrogens is 2. The van der Waals surface area contributed by atoms with Crippen LogP contribution in [0.1, 0.15) is 5.56 Å². The molecule has 0 saturated carbocycles. The van der Waals surface area contributed by atoms with Gasteiger partial charge >= 0.3 is 0 Å². The van der Waals surface area contributed by atoms with E-state index in [1.54, 1.807) is 0 Å². The Morgan fingerprint density at radius 3 is 2.95 bits per heavy atom. The molecule has 5 heteroatoms. The molecule has 0 radical (unpaired) electrons. The fraction of sp³-hybridized carbons (Fsp3) is 0.429. The quantitative estimate of drug-likeness (QED) is 0.435. The topological polar surface area (TPSA) is 71.7 Å². The molecular weight excluding hydrogens is 240 g/mol. The summed E-state index contributed by atoms with van der Waals surface area (Å²) >= 11 is 0. The molecule has 1 aliphatic rings. The van der Waals surface area contributed by atoms with E-state index in [1.165, 1.54) is 0 Å². The summed E-state index contributed by atoms with van der Waals surface area (Å²) in [4.78, 5) is 2.19.